The molecule has 2 aromatic heterocycles. The first-order valence-corrected chi connectivity index (χ1v) is 10.2. The highest BCUT2D eigenvalue weighted by Gasteiger charge is 2.14. The van der Waals surface area contributed by atoms with E-state index in [4.69, 9.17) is 0 Å². The summed E-state index contributed by atoms with van der Waals surface area (Å²) in [6.07, 6.45) is 0. The number of thiazole rings is 1. The highest BCUT2D eigenvalue weighted by Crippen LogP contribution is 2.30. The van der Waals surface area contributed by atoms with Crippen LogP contribution < -0.4 is 5.32 Å². The Balaban J connectivity index is 1.39. The number of benzene rings is 2. The molecule has 0 spiro atoms. The number of H-pyrrole nitrogens is 1. The summed E-state index contributed by atoms with van der Waals surface area (Å²) in [5.41, 5.74) is 4.04. The van der Waals surface area contributed by atoms with Crippen LogP contribution in [0.1, 0.15) is 23.6 Å². The Morgan fingerprint density at radius 1 is 1.23 bits per heavy atom. The molecule has 0 bridgehead atoms. The zero-order valence-corrected chi connectivity index (χ0v) is 16.1. The number of carbonyl (C=O) groups excluding carboxylic acids is 1. The topological polar surface area (TPSA) is 70.7 Å². The van der Waals surface area contributed by atoms with E-state index in [0.29, 0.717) is 10.9 Å². The third-order valence-corrected chi connectivity index (χ3v) is 6.21. The average molecular weight is 383 g/mol. The number of nitrogens with zero attached hydrogens (tertiary/aromatic N) is 2. The van der Waals surface area contributed by atoms with Gasteiger partial charge in [-0.1, -0.05) is 35.6 Å². The van der Waals surface area contributed by atoms with Gasteiger partial charge in [-0.15, -0.1) is 11.8 Å². The number of rotatable bonds is 5. The molecule has 26 heavy (non-hydrogen) atoms. The smallest absolute Gasteiger partial charge is 0.236 e. The molecule has 4 aromatic rings. The van der Waals surface area contributed by atoms with Crippen molar-refractivity contribution in [1.29, 1.82) is 0 Å². The predicted octanol–water partition coefficient (Wildman–Crippen LogP) is 4.91. The van der Waals surface area contributed by atoms with Crippen molar-refractivity contribution in [2.75, 3.05) is 11.1 Å². The number of fused-ring (bicyclic) bond motifs is 2. The van der Waals surface area contributed by atoms with E-state index in [0.717, 1.165) is 32.6 Å². The van der Waals surface area contributed by atoms with Crippen molar-refractivity contribution in [3.8, 4) is 0 Å². The molecule has 0 aliphatic carbocycles. The van der Waals surface area contributed by atoms with E-state index in [2.05, 4.69) is 27.2 Å². The van der Waals surface area contributed by atoms with E-state index in [1.54, 1.807) is 11.8 Å². The van der Waals surface area contributed by atoms with Crippen LogP contribution in [0, 0.1) is 6.92 Å². The molecule has 0 saturated carbocycles. The SMILES string of the molecule is Cc1cccc2sc(NC(=O)CS[C@@H](C)c3nc4ccccc4[nH]3)nc12. The first-order chi connectivity index (χ1) is 12.6. The molecule has 0 aliphatic rings. The first-order valence-electron chi connectivity index (χ1n) is 8.32. The van der Waals surface area contributed by atoms with Gasteiger partial charge in [0.05, 0.1) is 32.3 Å². The van der Waals surface area contributed by atoms with Gasteiger partial charge in [0.2, 0.25) is 5.91 Å². The third-order valence-electron chi connectivity index (χ3n) is 4.12. The highest BCUT2D eigenvalue weighted by molar-refractivity contribution is 8.00. The Morgan fingerprint density at radius 2 is 2.08 bits per heavy atom. The maximum Gasteiger partial charge on any atom is 0.236 e. The molecule has 0 radical (unpaired) electrons. The summed E-state index contributed by atoms with van der Waals surface area (Å²) in [4.78, 5) is 24.7. The number of aromatic nitrogens is 3. The van der Waals surface area contributed by atoms with Crippen molar-refractivity contribution in [2.24, 2.45) is 0 Å². The molecule has 5 nitrogen and oxygen atoms in total. The Morgan fingerprint density at radius 3 is 2.88 bits per heavy atom. The Hall–Kier alpha value is -2.38. The standard InChI is InChI=1S/C19H18N4OS2/c1-11-6-5-9-15-17(11)23-19(26-15)22-16(24)10-25-12(2)18-20-13-7-3-4-8-14(13)21-18/h3-9,12H,10H2,1-2H3,(H,20,21)(H,22,23,24)/t12-/m0/s1. The van der Waals surface area contributed by atoms with Crippen molar-refractivity contribution in [2.45, 2.75) is 19.1 Å². The minimum atomic E-state index is -0.0466. The number of hydrogen-bond acceptors (Lipinski definition) is 5. The van der Waals surface area contributed by atoms with Gasteiger partial charge in [0.25, 0.3) is 0 Å². The number of aromatic amines is 1. The minimum absolute atomic E-state index is 0.0466. The van der Waals surface area contributed by atoms with Gasteiger partial charge in [-0.3, -0.25) is 4.79 Å². The summed E-state index contributed by atoms with van der Waals surface area (Å²) in [7, 11) is 0. The summed E-state index contributed by atoms with van der Waals surface area (Å²) in [6, 6.07) is 14.0. The van der Waals surface area contributed by atoms with Gasteiger partial charge in [0.1, 0.15) is 5.82 Å². The van der Waals surface area contributed by atoms with Crippen molar-refractivity contribution < 1.29 is 4.79 Å². The molecule has 2 heterocycles. The Bertz CT molecular complexity index is 1050. The van der Waals surface area contributed by atoms with Gasteiger partial charge >= 0.3 is 0 Å². The Kier molecular flexibility index (Phi) is 4.65. The molecule has 2 N–H and O–H groups in total. The summed E-state index contributed by atoms with van der Waals surface area (Å²) < 4.78 is 1.09. The number of imidazole rings is 1. The first kappa shape index (κ1) is 17.1. The van der Waals surface area contributed by atoms with Crippen LogP contribution >= 0.6 is 23.1 Å². The lowest BCUT2D eigenvalue weighted by atomic mass is 10.2. The number of nitrogens with one attached hydrogen (secondary N) is 2. The molecule has 0 saturated heterocycles. The number of amides is 1. The fraction of sp³-hybridized carbons (Fsp3) is 0.211. The maximum absolute atomic E-state index is 12.3. The quantitative estimate of drug-likeness (QED) is 0.514. The second kappa shape index (κ2) is 7.09. The lowest BCUT2D eigenvalue weighted by molar-refractivity contribution is -0.113. The van der Waals surface area contributed by atoms with Gasteiger partial charge in [0.15, 0.2) is 5.13 Å². The van der Waals surface area contributed by atoms with Crippen LogP contribution in [0.25, 0.3) is 21.3 Å². The zero-order chi connectivity index (χ0) is 18.1. The number of para-hydroxylation sites is 3. The number of thioether (sulfide) groups is 1. The molecule has 132 valence electrons. The van der Waals surface area contributed by atoms with Gasteiger partial charge < -0.3 is 10.3 Å². The second-order valence-electron chi connectivity index (χ2n) is 6.08. The molecule has 0 aliphatic heterocycles. The van der Waals surface area contributed by atoms with Crippen LogP contribution in [0.2, 0.25) is 0 Å². The van der Waals surface area contributed by atoms with Crippen LogP contribution in [0.4, 0.5) is 5.13 Å². The molecular weight excluding hydrogens is 364 g/mol. The summed E-state index contributed by atoms with van der Waals surface area (Å²) in [5, 5.41) is 3.66. The van der Waals surface area contributed by atoms with Crippen molar-refractivity contribution in [3.63, 3.8) is 0 Å². The van der Waals surface area contributed by atoms with E-state index in [-0.39, 0.29) is 11.2 Å². The van der Waals surface area contributed by atoms with Crippen molar-refractivity contribution in [3.05, 3.63) is 53.9 Å². The van der Waals surface area contributed by atoms with E-state index >= 15 is 0 Å². The van der Waals surface area contributed by atoms with Crippen molar-refractivity contribution in [1.82, 2.24) is 15.0 Å². The van der Waals surface area contributed by atoms with Crippen LogP contribution in [0.15, 0.2) is 42.5 Å². The summed E-state index contributed by atoms with van der Waals surface area (Å²) in [5.74, 6) is 1.20. The largest absolute Gasteiger partial charge is 0.341 e. The van der Waals surface area contributed by atoms with Gasteiger partial charge in [-0.25, -0.2) is 9.97 Å². The number of carbonyl (C=O) groups is 1. The van der Waals surface area contributed by atoms with E-state index in [1.165, 1.54) is 11.3 Å². The van der Waals surface area contributed by atoms with Crippen molar-refractivity contribution >= 4 is 55.4 Å². The number of hydrogen-bond donors (Lipinski definition) is 2. The summed E-state index contributed by atoms with van der Waals surface area (Å²) >= 11 is 3.06. The van der Waals surface area contributed by atoms with E-state index in [1.807, 2.05) is 49.4 Å². The Labute approximate surface area is 159 Å². The fourth-order valence-electron chi connectivity index (χ4n) is 2.74. The zero-order valence-electron chi connectivity index (χ0n) is 14.4. The van der Waals surface area contributed by atoms with Gasteiger partial charge in [-0.2, -0.15) is 0 Å². The normalized spacial score (nSPS) is 12.5. The van der Waals surface area contributed by atoms with Crippen LogP contribution in [0.5, 0.6) is 0 Å². The second-order valence-corrected chi connectivity index (χ2v) is 8.44. The molecule has 0 unspecified atom stereocenters. The molecule has 7 heteroatoms. The average Bonchev–Trinajstić information content (AvgIpc) is 3.24. The highest BCUT2D eigenvalue weighted by atomic mass is 32.2. The number of aryl methyl sites for hydroxylation is 1. The summed E-state index contributed by atoms with van der Waals surface area (Å²) in [6.45, 7) is 4.08. The lowest BCUT2D eigenvalue weighted by Gasteiger charge is -2.07. The van der Waals surface area contributed by atoms with Gasteiger partial charge in [-0.05, 0) is 37.6 Å². The predicted molar refractivity (Wildman–Crippen MR) is 110 cm³/mol. The van der Waals surface area contributed by atoms with Crippen LogP contribution in [-0.4, -0.2) is 26.6 Å². The van der Waals surface area contributed by atoms with E-state index in [9.17, 15) is 4.79 Å². The van der Waals surface area contributed by atoms with Gasteiger partial charge in [0, 0.05) is 0 Å². The molecular formula is C19H18N4OS2. The van der Waals surface area contributed by atoms with E-state index < -0.39 is 0 Å². The lowest BCUT2D eigenvalue weighted by Crippen LogP contribution is -2.14. The molecule has 1 atom stereocenters. The maximum atomic E-state index is 12.3. The molecule has 1 amide bonds. The fourth-order valence-corrected chi connectivity index (χ4v) is 4.44. The molecule has 0 fully saturated rings. The minimum Gasteiger partial charge on any atom is -0.341 e. The molecule has 4 rings (SSSR count). The van der Waals surface area contributed by atoms with Crippen LogP contribution in [0.3, 0.4) is 0 Å². The monoisotopic (exact) mass is 382 g/mol. The third kappa shape index (κ3) is 3.45. The number of anilines is 1. The molecule has 2 aromatic carbocycles. The van der Waals surface area contributed by atoms with Crippen LogP contribution in [-0.2, 0) is 4.79 Å².